The Hall–Kier alpha value is -1.56. The van der Waals surface area contributed by atoms with Crippen molar-refractivity contribution in [2.24, 2.45) is 7.05 Å². The third kappa shape index (κ3) is 4.25. The molecule has 0 saturated heterocycles. The average molecular weight is 322 g/mol. The second-order valence-electron chi connectivity index (χ2n) is 6.74. The molecule has 1 saturated carbocycles. The second kappa shape index (κ2) is 7.81. The topological polar surface area (TPSA) is 68.2 Å². The number of ether oxygens (including phenoxy) is 1. The van der Waals surface area contributed by atoms with Crippen molar-refractivity contribution in [1.29, 1.82) is 0 Å². The molecule has 130 valence electrons. The lowest BCUT2D eigenvalue weighted by atomic mass is 10.1. The highest BCUT2D eigenvalue weighted by atomic mass is 16.5. The molecule has 23 heavy (non-hydrogen) atoms. The summed E-state index contributed by atoms with van der Waals surface area (Å²) in [4.78, 5) is 12.3. The summed E-state index contributed by atoms with van der Waals surface area (Å²) in [6, 6.07) is 0.117. The smallest absolute Gasteiger partial charge is 0.237 e. The fraction of sp³-hybridized carbons (Fsp3) is 0.765. The fourth-order valence-electron chi connectivity index (χ4n) is 3.20. The van der Waals surface area contributed by atoms with Crippen molar-refractivity contribution in [3.8, 4) is 5.88 Å². The summed E-state index contributed by atoms with van der Waals surface area (Å²) in [5.74, 6) is 1.14. The quantitative estimate of drug-likeness (QED) is 0.806. The van der Waals surface area contributed by atoms with E-state index in [1.807, 2.05) is 14.0 Å². The van der Waals surface area contributed by atoms with Gasteiger partial charge in [0.1, 0.15) is 0 Å². The highest BCUT2D eigenvalue weighted by Gasteiger charge is 2.23. The molecule has 0 bridgehead atoms. The van der Waals surface area contributed by atoms with E-state index in [0.29, 0.717) is 18.5 Å². The molecule has 2 N–H and O–H groups in total. The van der Waals surface area contributed by atoms with E-state index in [2.05, 4.69) is 29.6 Å². The van der Waals surface area contributed by atoms with Gasteiger partial charge in [-0.1, -0.05) is 26.7 Å². The maximum absolute atomic E-state index is 12.3. The molecular weight excluding hydrogens is 292 g/mol. The maximum Gasteiger partial charge on any atom is 0.237 e. The van der Waals surface area contributed by atoms with Crippen LogP contribution in [0.25, 0.3) is 0 Å². The Labute approximate surface area is 139 Å². The van der Waals surface area contributed by atoms with Crippen LogP contribution in [0.3, 0.4) is 0 Å². The summed E-state index contributed by atoms with van der Waals surface area (Å²) >= 11 is 0. The zero-order chi connectivity index (χ0) is 17.0. The van der Waals surface area contributed by atoms with Crippen molar-refractivity contribution in [1.82, 2.24) is 20.4 Å². The van der Waals surface area contributed by atoms with Crippen LogP contribution in [0, 0.1) is 0 Å². The summed E-state index contributed by atoms with van der Waals surface area (Å²) in [5, 5.41) is 11.0. The average Bonchev–Trinajstić information content (AvgIpc) is 3.11. The van der Waals surface area contributed by atoms with Gasteiger partial charge < -0.3 is 15.4 Å². The van der Waals surface area contributed by atoms with E-state index < -0.39 is 0 Å². The van der Waals surface area contributed by atoms with Gasteiger partial charge in [0, 0.05) is 19.6 Å². The Bertz CT molecular complexity index is 533. The van der Waals surface area contributed by atoms with E-state index >= 15 is 0 Å². The van der Waals surface area contributed by atoms with Gasteiger partial charge >= 0.3 is 0 Å². The molecule has 6 heteroatoms. The predicted octanol–water partition coefficient (Wildman–Crippen LogP) is 2.09. The number of rotatable bonds is 7. The van der Waals surface area contributed by atoms with Gasteiger partial charge in [-0.3, -0.25) is 4.79 Å². The van der Waals surface area contributed by atoms with Crippen molar-refractivity contribution in [2.45, 2.75) is 71.0 Å². The van der Waals surface area contributed by atoms with Crippen LogP contribution in [-0.2, 0) is 18.4 Å². The van der Waals surface area contributed by atoms with Crippen LogP contribution in [0.1, 0.15) is 63.6 Å². The molecule has 1 aliphatic rings. The minimum Gasteiger partial charge on any atom is -0.481 e. The molecule has 1 aromatic rings. The number of carbonyl (C=O) groups is 1. The van der Waals surface area contributed by atoms with Gasteiger partial charge in [-0.05, 0) is 25.7 Å². The van der Waals surface area contributed by atoms with E-state index in [0.717, 1.165) is 30.0 Å². The van der Waals surface area contributed by atoms with Gasteiger partial charge in [-0.25, -0.2) is 4.68 Å². The summed E-state index contributed by atoms with van der Waals surface area (Å²) < 4.78 is 7.23. The molecule has 0 aliphatic heterocycles. The number of hydrogen-bond donors (Lipinski definition) is 2. The van der Waals surface area contributed by atoms with Gasteiger partial charge in [0.15, 0.2) is 0 Å². The Morgan fingerprint density at radius 1 is 1.35 bits per heavy atom. The molecule has 0 unspecified atom stereocenters. The lowest BCUT2D eigenvalue weighted by molar-refractivity contribution is -0.123. The van der Waals surface area contributed by atoms with Crippen molar-refractivity contribution in [2.75, 3.05) is 7.11 Å². The minimum absolute atomic E-state index is 0.0749. The monoisotopic (exact) mass is 322 g/mol. The Kier molecular flexibility index (Phi) is 6.04. The summed E-state index contributed by atoms with van der Waals surface area (Å²) in [6.07, 6.45) is 4.65. The first-order valence-corrected chi connectivity index (χ1v) is 8.57. The SMILES string of the molecule is COc1c(CN[C@H](C)C(=O)NC2CCCC2)c(C(C)C)nn1C. The van der Waals surface area contributed by atoms with Gasteiger partial charge in [-0.2, -0.15) is 5.10 Å². The summed E-state index contributed by atoms with van der Waals surface area (Å²) in [5.41, 5.74) is 2.05. The molecule has 1 amide bonds. The number of nitrogens with zero attached hydrogens (tertiary/aromatic N) is 2. The normalized spacial score (nSPS) is 16.8. The molecule has 0 aromatic carbocycles. The van der Waals surface area contributed by atoms with Gasteiger partial charge in [0.25, 0.3) is 0 Å². The Morgan fingerprint density at radius 3 is 2.57 bits per heavy atom. The van der Waals surface area contributed by atoms with E-state index in [4.69, 9.17) is 4.74 Å². The lowest BCUT2D eigenvalue weighted by Crippen LogP contribution is -2.45. The first-order chi connectivity index (χ1) is 10.9. The highest BCUT2D eigenvalue weighted by Crippen LogP contribution is 2.27. The molecular formula is C17H30N4O2. The van der Waals surface area contributed by atoms with Crippen LogP contribution in [0.15, 0.2) is 0 Å². The number of carbonyl (C=O) groups excluding carboxylic acids is 1. The molecule has 2 rings (SSSR count). The van der Waals surface area contributed by atoms with Crippen molar-refractivity contribution < 1.29 is 9.53 Å². The van der Waals surface area contributed by atoms with Crippen LogP contribution in [0.2, 0.25) is 0 Å². The van der Waals surface area contributed by atoms with Gasteiger partial charge in [0.05, 0.1) is 24.4 Å². The molecule has 1 fully saturated rings. The van der Waals surface area contributed by atoms with Gasteiger partial charge in [0.2, 0.25) is 11.8 Å². The van der Waals surface area contributed by atoms with Crippen LogP contribution in [0.4, 0.5) is 0 Å². The Balaban J connectivity index is 1.97. The number of amides is 1. The van der Waals surface area contributed by atoms with Crippen molar-refractivity contribution in [3.05, 3.63) is 11.3 Å². The second-order valence-corrected chi connectivity index (χ2v) is 6.74. The zero-order valence-electron chi connectivity index (χ0n) is 15.0. The highest BCUT2D eigenvalue weighted by molar-refractivity contribution is 5.81. The number of methoxy groups -OCH3 is 1. The van der Waals surface area contributed by atoms with E-state index in [1.54, 1.807) is 11.8 Å². The van der Waals surface area contributed by atoms with E-state index in [9.17, 15) is 4.79 Å². The van der Waals surface area contributed by atoms with Gasteiger partial charge in [-0.15, -0.1) is 0 Å². The summed E-state index contributed by atoms with van der Waals surface area (Å²) in [7, 11) is 3.53. The van der Waals surface area contributed by atoms with Crippen LogP contribution < -0.4 is 15.4 Å². The van der Waals surface area contributed by atoms with Crippen LogP contribution in [0.5, 0.6) is 5.88 Å². The van der Waals surface area contributed by atoms with Crippen LogP contribution in [-0.4, -0.2) is 34.9 Å². The van der Waals surface area contributed by atoms with Crippen LogP contribution >= 0.6 is 0 Å². The largest absolute Gasteiger partial charge is 0.481 e. The molecule has 1 aromatic heterocycles. The molecule has 0 radical (unpaired) electrons. The molecule has 1 heterocycles. The Morgan fingerprint density at radius 2 is 2.00 bits per heavy atom. The molecule has 1 atom stereocenters. The maximum atomic E-state index is 12.3. The predicted molar refractivity (Wildman–Crippen MR) is 90.5 cm³/mol. The molecule has 6 nitrogen and oxygen atoms in total. The first-order valence-electron chi connectivity index (χ1n) is 8.57. The van der Waals surface area contributed by atoms with Crippen molar-refractivity contribution >= 4 is 5.91 Å². The minimum atomic E-state index is -0.236. The first kappa shape index (κ1) is 17.8. The number of aromatic nitrogens is 2. The standard InChI is InChI=1S/C17H30N4O2/c1-11(2)15-14(17(23-5)21(4)20-15)10-18-12(3)16(22)19-13-8-6-7-9-13/h11-13,18H,6-10H2,1-5H3,(H,19,22)/t12-/m1/s1. The lowest BCUT2D eigenvalue weighted by Gasteiger charge is -2.18. The number of nitrogens with one attached hydrogen (secondary N) is 2. The number of hydrogen-bond acceptors (Lipinski definition) is 4. The molecule has 0 spiro atoms. The molecule has 1 aliphatic carbocycles. The third-order valence-electron chi connectivity index (χ3n) is 4.54. The van der Waals surface area contributed by atoms with Crippen molar-refractivity contribution in [3.63, 3.8) is 0 Å². The zero-order valence-corrected chi connectivity index (χ0v) is 15.0. The van der Waals surface area contributed by atoms with E-state index in [-0.39, 0.29) is 11.9 Å². The summed E-state index contributed by atoms with van der Waals surface area (Å²) in [6.45, 7) is 6.70. The third-order valence-corrected chi connectivity index (χ3v) is 4.54. The van der Waals surface area contributed by atoms with E-state index in [1.165, 1.54) is 12.8 Å². The number of aryl methyl sites for hydroxylation is 1. The fourth-order valence-corrected chi connectivity index (χ4v) is 3.20.